The molecule has 0 aliphatic heterocycles. The molecule has 4 nitrogen and oxygen atoms in total. The molecule has 0 spiro atoms. The van der Waals surface area contributed by atoms with Gasteiger partial charge < -0.3 is 4.74 Å². The minimum absolute atomic E-state index is 0.334. The van der Waals surface area contributed by atoms with Crippen LogP contribution >= 0.6 is 11.6 Å². The Kier molecular flexibility index (Phi) is 5.80. The number of amides is 1. The van der Waals surface area contributed by atoms with Crippen molar-refractivity contribution in [3.63, 3.8) is 0 Å². The largest absolute Gasteiger partial charge is 0.494 e. The van der Waals surface area contributed by atoms with E-state index in [1.54, 1.807) is 18.2 Å². The molecule has 0 aromatic heterocycles. The number of rotatable bonds is 6. The van der Waals surface area contributed by atoms with Crippen molar-refractivity contribution in [2.75, 3.05) is 6.61 Å². The number of nitrogens with two attached hydrogens (primary N) is 1. The molecule has 0 aliphatic carbocycles. The van der Waals surface area contributed by atoms with Gasteiger partial charge in [0.05, 0.1) is 17.2 Å². The van der Waals surface area contributed by atoms with Gasteiger partial charge in [0.15, 0.2) is 0 Å². The van der Waals surface area contributed by atoms with Crippen LogP contribution in [0.2, 0.25) is 5.02 Å². The maximum Gasteiger partial charge on any atom is 0.266 e. The highest BCUT2D eigenvalue weighted by Crippen LogP contribution is 2.22. The summed E-state index contributed by atoms with van der Waals surface area (Å²) >= 11 is 5.95. The van der Waals surface area contributed by atoms with Gasteiger partial charge in [0.1, 0.15) is 5.75 Å². The molecular formula is C12H17ClN2O2. The molecule has 0 aliphatic rings. The van der Waals surface area contributed by atoms with E-state index in [1.165, 1.54) is 0 Å². The Morgan fingerprint density at radius 1 is 1.47 bits per heavy atom. The fourth-order valence-corrected chi connectivity index (χ4v) is 1.65. The molecule has 1 aromatic rings. The Bertz CT molecular complexity index is 383. The highest BCUT2D eigenvalue weighted by molar-refractivity contribution is 6.34. The predicted molar refractivity (Wildman–Crippen MR) is 68.1 cm³/mol. The first kappa shape index (κ1) is 13.8. The second kappa shape index (κ2) is 7.14. The number of carbonyl (C=O) groups is 1. The number of ether oxygens (including phenoxy) is 1. The van der Waals surface area contributed by atoms with Gasteiger partial charge in [-0.3, -0.25) is 10.2 Å². The van der Waals surface area contributed by atoms with Crippen LogP contribution < -0.4 is 16.0 Å². The highest BCUT2D eigenvalue weighted by atomic mass is 35.5. The zero-order valence-electron chi connectivity index (χ0n) is 9.83. The number of benzene rings is 1. The van der Waals surface area contributed by atoms with Crippen LogP contribution in [0.25, 0.3) is 0 Å². The predicted octanol–water partition coefficient (Wildman–Crippen LogP) is 2.51. The summed E-state index contributed by atoms with van der Waals surface area (Å²) in [4.78, 5) is 11.3. The summed E-state index contributed by atoms with van der Waals surface area (Å²) in [5.74, 6) is 5.29. The summed E-state index contributed by atoms with van der Waals surface area (Å²) in [5.41, 5.74) is 2.38. The molecule has 5 heteroatoms. The zero-order valence-corrected chi connectivity index (χ0v) is 10.6. The highest BCUT2D eigenvalue weighted by Gasteiger charge is 2.09. The van der Waals surface area contributed by atoms with Crippen molar-refractivity contribution in [1.29, 1.82) is 0 Å². The fourth-order valence-electron chi connectivity index (χ4n) is 1.39. The Morgan fingerprint density at radius 3 is 2.82 bits per heavy atom. The number of unbranched alkanes of at least 4 members (excludes halogenated alkanes) is 2. The van der Waals surface area contributed by atoms with E-state index in [-0.39, 0.29) is 0 Å². The first-order valence-electron chi connectivity index (χ1n) is 5.62. The minimum Gasteiger partial charge on any atom is -0.494 e. The number of hydrazine groups is 1. The van der Waals surface area contributed by atoms with Crippen molar-refractivity contribution in [1.82, 2.24) is 5.43 Å². The molecule has 0 radical (unpaired) electrons. The molecule has 0 fully saturated rings. The van der Waals surface area contributed by atoms with E-state index in [4.69, 9.17) is 22.2 Å². The summed E-state index contributed by atoms with van der Waals surface area (Å²) in [6, 6.07) is 4.93. The quantitative estimate of drug-likeness (QED) is 0.356. The number of carbonyl (C=O) groups excluding carboxylic acids is 1. The number of nitrogens with one attached hydrogen (secondary N) is 1. The molecule has 1 rings (SSSR count). The third-order valence-electron chi connectivity index (χ3n) is 2.33. The lowest BCUT2D eigenvalue weighted by molar-refractivity contribution is 0.0954. The lowest BCUT2D eigenvalue weighted by Crippen LogP contribution is -2.30. The third kappa shape index (κ3) is 4.24. The summed E-state index contributed by atoms with van der Waals surface area (Å²) in [6.07, 6.45) is 3.31. The van der Waals surface area contributed by atoms with Crippen LogP contribution in [0.4, 0.5) is 0 Å². The van der Waals surface area contributed by atoms with Crippen LogP contribution in [0.1, 0.15) is 36.5 Å². The number of hydrogen-bond acceptors (Lipinski definition) is 3. The Morgan fingerprint density at radius 2 is 2.24 bits per heavy atom. The van der Waals surface area contributed by atoms with E-state index in [0.29, 0.717) is 22.9 Å². The summed E-state index contributed by atoms with van der Waals surface area (Å²) in [5, 5.41) is 0.334. The van der Waals surface area contributed by atoms with E-state index in [1.807, 2.05) is 5.43 Å². The van der Waals surface area contributed by atoms with E-state index in [2.05, 4.69) is 6.92 Å². The molecule has 1 amide bonds. The second-order valence-electron chi connectivity index (χ2n) is 3.67. The summed E-state index contributed by atoms with van der Waals surface area (Å²) in [7, 11) is 0. The third-order valence-corrected chi connectivity index (χ3v) is 2.65. The molecule has 0 saturated heterocycles. The van der Waals surface area contributed by atoms with Gasteiger partial charge in [0.25, 0.3) is 5.91 Å². The maximum atomic E-state index is 11.3. The first-order valence-corrected chi connectivity index (χ1v) is 6.00. The molecule has 17 heavy (non-hydrogen) atoms. The van der Waals surface area contributed by atoms with E-state index in [9.17, 15) is 4.79 Å². The van der Waals surface area contributed by atoms with Gasteiger partial charge in [-0.2, -0.15) is 0 Å². The molecule has 0 saturated carbocycles. The first-order chi connectivity index (χ1) is 8.19. The van der Waals surface area contributed by atoms with Crippen LogP contribution in [-0.2, 0) is 0 Å². The molecule has 0 unspecified atom stereocenters. The van der Waals surface area contributed by atoms with E-state index < -0.39 is 5.91 Å². The van der Waals surface area contributed by atoms with Gasteiger partial charge in [0.2, 0.25) is 0 Å². The standard InChI is InChI=1S/C12H17ClN2O2/c1-2-3-4-7-17-9-5-6-10(11(13)8-9)12(16)15-14/h5-6,8H,2-4,7,14H2,1H3,(H,15,16). The van der Waals surface area contributed by atoms with Gasteiger partial charge in [-0.1, -0.05) is 31.4 Å². The van der Waals surface area contributed by atoms with Crippen LogP contribution in [-0.4, -0.2) is 12.5 Å². The Hall–Kier alpha value is -1.26. The summed E-state index contributed by atoms with van der Waals surface area (Å²) in [6.45, 7) is 2.80. The van der Waals surface area contributed by atoms with E-state index in [0.717, 1.165) is 19.3 Å². The summed E-state index contributed by atoms with van der Waals surface area (Å²) < 4.78 is 5.51. The van der Waals surface area contributed by atoms with Gasteiger partial charge in [-0.25, -0.2) is 5.84 Å². The number of halogens is 1. The smallest absolute Gasteiger partial charge is 0.266 e. The van der Waals surface area contributed by atoms with Crippen molar-refractivity contribution in [3.05, 3.63) is 28.8 Å². The van der Waals surface area contributed by atoms with E-state index >= 15 is 0 Å². The van der Waals surface area contributed by atoms with Gasteiger partial charge in [-0.15, -0.1) is 0 Å². The van der Waals surface area contributed by atoms with Crippen molar-refractivity contribution in [2.24, 2.45) is 5.84 Å². The molecule has 0 heterocycles. The van der Waals surface area contributed by atoms with Gasteiger partial charge >= 0.3 is 0 Å². The van der Waals surface area contributed by atoms with Crippen molar-refractivity contribution < 1.29 is 9.53 Å². The minimum atomic E-state index is -0.410. The lowest BCUT2D eigenvalue weighted by Gasteiger charge is -2.08. The van der Waals surface area contributed by atoms with Crippen LogP contribution in [0.15, 0.2) is 18.2 Å². The van der Waals surface area contributed by atoms with Crippen LogP contribution in [0.3, 0.4) is 0 Å². The van der Waals surface area contributed by atoms with Crippen molar-refractivity contribution in [3.8, 4) is 5.75 Å². The topological polar surface area (TPSA) is 64.3 Å². The van der Waals surface area contributed by atoms with Gasteiger partial charge in [-0.05, 0) is 24.6 Å². The van der Waals surface area contributed by atoms with Gasteiger partial charge in [0, 0.05) is 0 Å². The van der Waals surface area contributed by atoms with Crippen molar-refractivity contribution >= 4 is 17.5 Å². The second-order valence-corrected chi connectivity index (χ2v) is 4.08. The molecule has 1 aromatic carbocycles. The Balaban J connectivity index is 2.59. The Labute approximate surface area is 106 Å². The maximum absolute atomic E-state index is 11.3. The normalized spacial score (nSPS) is 10.1. The molecule has 94 valence electrons. The average Bonchev–Trinajstić information content (AvgIpc) is 2.34. The lowest BCUT2D eigenvalue weighted by atomic mass is 10.2. The fraction of sp³-hybridized carbons (Fsp3) is 0.417. The zero-order chi connectivity index (χ0) is 12.7. The number of nitrogen functional groups attached to an aromatic ring is 1. The average molecular weight is 257 g/mol. The number of hydrogen-bond donors (Lipinski definition) is 2. The molecular weight excluding hydrogens is 240 g/mol. The molecule has 0 bridgehead atoms. The van der Waals surface area contributed by atoms with Crippen molar-refractivity contribution in [2.45, 2.75) is 26.2 Å². The monoisotopic (exact) mass is 256 g/mol. The molecule has 0 atom stereocenters. The SMILES string of the molecule is CCCCCOc1ccc(C(=O)NN)c(Cl)c1. The van der Waals surface area contributed by atoms with Crippen LogP contribution in [0.5, 0.6) is 5.75 Å². The van der Waals surface area contributed by atoms with Crippen LogP contribution in [0, 0.1) is 0 Å². The molecule has 3 N–H and O–H groups in total.